The van der Waals surface area contributed by atoms with Gasteiger partial charge in [0, 0.05) is 11.1 Å². The third kappa shape index (κ3) is 6.03. The van der Waals surface area contributed by atoms with Gasteiger partial charge in [-0.15, -0.1) is 0 Å². The van der Waals surface area contributed by atoms with Gasteiger partial charge in [0.15, 0.2) is 0 Å². The maximum absolute atomic E-state index is 12.9. The first-order chi connectivity index (χ1) is 13.2. The Morgan fingerprint density at radius 3 is 1.82 bits per heavy atom. The fraction of sp³-hybridized carbons (Fsp3) is 0.350. The largest absolute Gasteiger partial charge is 0.416 e. The molecule has 0 aromatic heterocycles. The predicted octanol–water partition coefficient (Wildman–Crippen LogP) is 6.07. The van der Waals surface area contributed by atoms with Gasteiger partial charge in [-0.3, -0.25) is 9.56 Å². The number of halogens is 3. The zero-order chi connectivity index (χ0) is 20.8. The normalized spacial score (nSPS) is 13.0. The van der Waals surface area contributed by atoms with Crippen LogP contribution in [0.15, 0.2) is 53.5 Å². The van der Waals surface area contributed by atoms with Gasteiger partial charge in [0.25, 0.3) is 0 Å². The molecule has 0 saturated heterocycles. The summed E-state index contributed by atoms with van der Waals surface area (Å²) in [5.41, 5.74) is 1.90. The summed E-state index contributed by atoms with van der Waals surface area (Å²) >= 11 is 0. The number of aryl methyl sites for hydroxylation is 1. The van der Waals surface area contributed by atoms with Crippen molar-refractivity contribution >= 4 is 13.3 Å². The third-order valence-electron chi connectivity index (χ3n) is 3.86. The second-order valence-corrected chi connectivity index (χ2v) is 8.06. The highest BCUT2D eigenvalue weighted by Gasteiger charge is 2.30. The smallest absolute Gasteiger partial charge is 0.308 e. The number of rotatable bonds is 8. The van der Waals surface area contributed by atoms with E-state index in [0.29, 0.717) is 16.8 Å². The van der Waals surface area contributed by atoms with Crippen molar-refractivity contribution < 1.29 is 26.8 Å². The molecule has 0 aliphatic rings. The van der Waals surface area contributed by atoms with Crippen molar-refractivity contribution in [3.05, 3.63) is 70.8 Å². The van der Waals surface area contributed by atoms with Gasteiger partial charge in [-0.25, -0.2) is 0 Å². The maximum Gasteiger partial charge on any atom is 0.416 e. The van der Waals surface area contributed by atoms with Gasteiger partial charge in [-0.2, -0.15) is 13.2 Å². The molecule has 0 unspecified atom stereocenters. The molecule has 2 aromatic rings. The first kappa shape index (κ1) is 22.3. The zero-order valence-corrected chi connectivity index (χ0v) is 16.9. The van der Waals surface area contributed by atoms with Crippen LogP contribution in [0.4, 0.5) is 13.2 Å². The van der Waals surface area contributed by atoms with Crippen molar-refractivity contribution in [2.45, 2.75) is 26.9 Å². The Balaban J connectivity index is 2.45. The van der Waals surface area contributed by atoms with E-state index in [1.807, 2.05) is 31.2 Å². The van der Waals surface area contributed by atoms with Gasteiger partial charge in [0.2, 0.25) is 0 Å². The van der Waals surface area contributed by atoms with E-state index in [9.17, 15) is 17.7 Å². The fourth-order valence-corrected chi connectivity index (χ4v) is 3.89. The zero-order valence-electron chi connectivity index (χ0n) is 16.0. The molecule has 0 aliphatic carbocycles. The summed E-state index contributed by atoms with van der Waals surface area (Å²) in [6.07, 6.45) is -4.64. The summed E-state index contributed by atoms with van der Waals surface area (Å²) in [6.45, 7) is 5.73. The molecule has 4 nitrogen and oxygen atoms in total. The summed E-state index contributed by atoms with van der Waals surface area (Å²) in [6, 6.07) is 12.1. The van der Waals surface area contributed by atoms with Crippen LogP contribution in [-0.4, -0.2) is 25.2 Å². The summed E-state index contributed by atoms with van der Waals surface area (Å²) in [5, 5.41) is 0. The quantitative estimate of drug-likeness (QED) is 0.390. The second kappa shape index (κ2) is 9.50. The SMILES string of the molecule is CCOP(=O)(CN=C(c1ccc(C)cc1)c1ccc(C(F)(F)F)cc1)OCC. The van der Waals surface area contributed by atoms with E-state index >= 15 is 0 Å². The summed E-state index contributed by atoms with van der Waals surface area (Å²) < 4.78 is 61.8. The average Bonchev–Trinajstić information content (AvgIpc) is 2.63. The molecule has 0 spiro atoms. The molecule has 2 aromatic carbocycles. The van der Waals surface area contributed by atoms with Crippen LogP contribution >= 0.6 is 7.60 Å². The van der Waals surface area contributed by atoms with Gasteiger partial charge in [0.1, 0.15) is 6.29 Å². The number of alkyl halides is 3. The van der Waals surface area contributed by atoms with Crippen LogP contribution < -0.4 is 0 Å². The molecule has 0 fully saturated rings. The number of hydrogen-bond donors (Lipinski definition) is 0. The monoisotopic (exact) mass is 413 g/mol. The Morgan fingerprint density at radius 1 is 0.929 bits per heavy atom. The minimum absolute atomic E-state index is 0.201. The minimum atomic E-state index is -4.42. The van der Waals surface area contributed by atoms with Gasteiger partial charge >= 0.3 is 13.8 Å². The lowest BCUT2D eigenvalue weighted by atomic mass is 10.00. The molecule has 0 saturated carbocycles. The Kier molecular flexibility index (Phi) is 7.58. The van der Waals surface area contributed by atoms with E-state index in [-0.39, 0.29) is 19.5 Å². The van der Waals surface area contributed by atoms with Crippen LogP contribution in [0.3, 0.4) is 0 Å². The molecule has 0 amide bonds. The van der Waals surface area contributed by atoms with Crippen LogP contribution in [0, 0.1) is 6.92 Å². The Labute approximate surface area is 162 Å². The average molecular weight is 413 g/mol. The molecular weight excluding hydrogens is 390 g/mol. The van der Waals surface area contributed by atoms with Crippen molar-refractivity contribution in [1.82, 2.24) is 0 Å². The molecule has 0 bridgehead atoms. The molecule has 28 heavy (non-hydrogen) atoms. The van der Waals surface area contributed by atoms with Crippen molar-refractivity contribution in [2.75, 3.05) is 19.5 Å². The van der Waals surface area contributed by atoms with Crippen molar-refractivity contribution in [1.29, 1.82) is 0 Å². The van der Waals surface area contributed by atoms with E-state index in [4.69, 9.17) is 9.05 Å². The highest BCUT2D eigenvalue weighted by Crippen LogP contribution is 2.48. The standard InChI is InChI=1S/C20H23F3NO3P/c1-4-26-28(25,27-5-2)14-24-19(16-8-6-15(3)7-9-16)17-10-12-18(13-11-17)20(21,22)23/h6-13H,4-5,14H2,1-3H3. The number of hydrogen-bond acceptors (Lipinski definition) is 4. The highest BCUT2D eigenvalue weighted by molar-refractivity contribution is 7.53. The fourth-order valence-electron chi connectivity index (χ4n) is 2.55. The Morgan fingerprint density at radius 2 is 1.39 bits per heavy atom. The predicted molar refractivity (Wildman–Crippen MR) is 104 cm³/mol. The summed E-state index contributed by atoms with van der Waals surface area (Å²) in [4.78, 5) is 4.42. The van der Waals surface area contributed by atoms with Crippen LogP contribution in [0.25, 0.3) is 0 Å². The molecule has 2 rings (SSSR count). The molecule has 8 heteroatoms. The Hall–Kier alpha value is -1.95. The van der Waals surface area contributed by atoms with E-state index in [1.54, 1.807) is 13.8 Å². The van der Waals surface area contributed by atoms with Crippen LogP contribution in [0.2, 0.25) is 0 Å². The van der Waals surface area contributed by atoms with Crippen LogP contribution in [0.1, 0.15) is 36.1 Å². The lowest BCUT2D eigenvalue weighted by Gasteiger charge is -2.16. The highest BCUT2D eigenvalue weighted by atomic mass is 31.2. The van der Waals surface area contributed by atoms with E-state index in [2.05, 4.69) is 4.99 Å². The lowest BCUT2D eigenvalue weighted by molar-refractivity contribution is -0.137. The van der Waals surface area contributed by atoms with E-state index in [0.717, 1.165) is 17.7 Å². The van der Waals surface area contributed by atoms with Gasteiger partial charge in [-0.1, -0.05) is 42.0 Å². The molecule has 152 valence electrons. The van der Waals surface area contributed by atoms with Crippen LogP contribution in [0.5, 0.6) is 0 Å². The van der Waals surface area contributed by atoms with Crippen molar-refractivity contribution in [3.8, 4) is 0 Å². The molecule has 0 heterocycles. The van der Waals surface area contributed by atoms with Gasteiger partial charge in [-0.05, 0) is 32.9 Å². The lowest BCUT2D eigenvalue weighted by Crippen LogP contribution is -2.09. The summed E-state index contributed by atoms with van der Waals surface area (Å²) in [5.74, 6) is 0. The number of nitrogens with zero attached hydrogens (tertiary/aromatic N) is 1. The third-order valence-corrected chi connectivity index (χ3v) is 5.66. The van der Waals surface area contributed by atoms with Gasteiger partial charge in [0.05, 0.1) is 24.5 Å². The Bertz CT molecular complexity index is 836. The number of aliphatic imine (C=N–C) groups is 1. The van der Waals surface area contributed by atoms with E-state index < -0.39 is 19.3 Å². The van der Waals surface area contributed by atoms with Crippen molar-refractivity contribution in [2.24, 2.45) is 4.99 Å². The topological polar surface area (TPSA) is 47.9 Å². The molecule has 0 radical (unpaired) electrons. The maximum atomic E-state index is 12.9. The molecule has 0 N–H and O–H groups in total. The second-order valence-electron chi connectivity index (χ2n) is 6.04. The molecule has 0 aliphatic heterocycles. The number of benzene rings is 2. The van der Waals surface area contributed by atoms with E-state index in [1.165, 1.54) is 12.1 Å². The minimum Gasteiger partial charge on any atom is -0.308 e. The molecular formula is C20H23F3NO3P. The van der Waals surface area contributed by atoms with Gasteiger partial charge < -0.3 is 9.05 Å². The summed E-state index contributed by atoms with van der Waals surface area (Å²) in [7, 11) is -3.43. The van der Waals surface area contributed by atoms with Crippen molar-refractivity contribution in [3.63, 3.8) is 0 Å². The molecule has 0 atom stereocenters. The first-order valence-corrected chi connectivity index (χ1v) is 10.6. The first-order valence-electron chi connectivity index (χ1n) is 8.86. The van der Waals surface area contributed by atoms with Crippen LogP contribution in [-0.2, 0) is 19.8 Å².